The van der Waals surface area contributed by atoms with Crippen molar-refractivity contribution in [2.45, 2.75) is 34.5 Å². The molecule has 0 amide bonds. The quantitative estimate of drug-likeness (QED) is 0.133. The van der Waals surface area contributed by atoms with Crippen molar-refractivity contribution in [2.24, 2.45) is 0 Å². The van der Waals surface area contributed by atoms with Crippen molar-refractivity contribution in [3.63, 3.8) is 0 Å². The third-order valence-electron chi connectivity index (χ3n) is 11.0. The molecule has 15 rings (SSSR count). The lowest BCUT2D eigenvalue weighted by Crippen LogP contribution is -1.89. The minimum atomic E-state index is 0.738. The van der Waals surface area contributed by atoms with Crippen LogP contribution in [0.15, 0.2) is 182 Å². The summed E-state index contributed by atoms with van der Waals surface area (Å²) in [5, 5.41) is 0. The Labute approximate surface area is 382 Å². The molecule has 0 unspecified atom stereocenters. The van der Waals surface area contributed by atoms with E-state index in [0.717, 1.165) is 34.5 Å². The predicted octanol–water partition coefficient (Wildman–Crippen LogP) is 17.0. The average Bonchev–Trinajstić information content (AvgIpc) is 3.32. The van der Waals surface area contributed by atoms with E-state index in [2.05, 4.69) is 207 Å². The van der Waals surface area contributed by atoms with Gasteiger partial charge < -0.3 is 0 Å². The van der Waals surface area contributed by atoms with Crippen LogP contribution in [0.25, 0.3) is 66.8 Å². The molecule has 0 fully saturated rings. The average molecular weight is 885 g/mol. The molecule has 0 radical (unpaired) electrons. The molecule has 7 heterocycles. The number of benzene rings is 8. The van der Waals surface area contributed by atoms with Crippen molar-refractivity contribution in [1.29, 1.82) is 0 Å². The van der Waals surface area contributed by atoms with Crippen LogP contribution in [0.1, 0.15) is 33.4 Å². The van der Waals surface area contributed by atoms with Crippen molar-refractivity contribution in [3.8, 4) is 66.8 Å². The van der Waals surface area contributed by atoms with E-state index < -0.39 is 0 Å². The molecule has 8 aromatic rings. The minimum absolute atomic E-state index is 0.738. The molecule has 7 aliphatic rings. The van der Waals surface area contributed by atoms with Crippen LogP contribution in [0, 0.1) is 0 Å². The number of rotatable bonds is 4. The first-order valence-corrected chi connectivity index (χ1v) is 26.4. The first-order valence-electron chi connectivity index (χ1n) is 20.1. The van der Waals surface area contributed by atoms with Gasteiger partial charge in [-0.05, 0) is 137 Å². The van der Waals surface area contributed by atoms with Crippen LogP contribution in [0.3, 0.4) is 0 Å². The molecular formula is C54H44S6. The normalized spacial score (nSPS) is 13.1. The summed E-state index contributed by atoms with van der Waals surface area (Å²) in [6, 6.07) is 68.3. The fraction of sp³-hybridized carbons (Fsp3) is 0.111. The molecule has 296 valence electrons. The number of hydrogen-bond donors (Lipinski definition) is 2. The van der Waals surface area contributed by atoms with Crippen molar-refractivity contribution in [1.82, 2.24) is 0 Å². The van der Waals surface area contributed by atoms with E-state index in [1.807, 2.05) is 43.2 Å². The third-order valence-corrected chi connectivity index (χ3v) is 16.3. The molecule has 8 aromatic carbocycles. The van der Waals surface area contributed by atoms with Crippen LogP contribution < -0.4 is 0 Å². The van der Waals surface area contributed by atoms with Gasteiger partial charge in [-0.2, -0.15) is 25.3 Å². The second-order valence-corrected chi connectivity index (χ2v) is 20.7. The summed E-state index contributed by atoms with van der Waals surface area (Å²) in [4.78, 5) is 0. The Kier molecular flexibility index (Phi) is 13.5. The van der Waals surface area contributed by atoms with Crippen LogP contribution in [0.4, 0.5) is 0 Å². The van der Waals surface area contributed by atoms with E-state index in [1.165, 1.54) is 100 Å². The molecule has 6 heteroatoms. The molecule has 0 nitrogen and oxygen atoms in total. The zero-order valence-electron chi connectivity index (χ0n) is 33.1. The Morgan fingerprint density at radius 1 is 0.250 bits per heavy atom. The summed E-state index contributed by atoms with van der Waals surface area (Å²) < 4.78 is 0. The number of thiol groups is 2. The van der Waals surface area contributed by atoms with E-state index in [4.69, 9.17) is 0 Å². The van der Waals surface area contributed by atoms with Crippen molar-refractivity contribution in [3.05, 3.63) is 215 Å². The van der Waals surface area contributed by atoms with Crippen LogP contribution in [-0.2, 0) is 34.5 Å². The number of hydrogen-bond acceptors (Lipinski definition) is 6. The van der Waals surface area contributed by atoms with Gasteiger partial charge in [0.1, 0.15) is 0 Å². The summed E-state index contributed by atoms with van der Waals surface area (Å²) in [6.07, 6.45) is 0. The van der Waals surface area contributed by atoms with E-state index >= 15 is 0 Å². The summed E-state index contributed by atoms with van der Waals surface area (Å²) in [5.74, 6) is 5.31. The molecular weight excluding hydrogens is 841 g/mol. The first kappa shape index (κ1) is 41.2. The van der Waals surface area contributed by atoms with Gasteiger partial charge in [0.05, 0.1) is 0 Å². The summed E-state index contributed by atoms with van der Waals surface area (Å²) >= 11 is 8.98. The molecule has 0 aliphatic carbocycles. The molecule has 7 aliphatic heterocycles. The maximum atomic E-state index is 4.49. The second kappa shape index (κ2) is 19.7. The van der Waals surface area contributed by atoms with Gasteiger partial charge in [0.2, 0.25) is 0 Å². The Balaban J connectivity index is 1.01. The Hall–Kier alpha value is -4.14. The topological polar surface area (TPSA) is 0 Å². The highest BCUT2D eigenvalue weighted by atomic mass is 33.1. The van der Waals surface area contributed by atoms with E-state index in [0.29, 0.717) is 0 Å². The molecule has 60 heavy (non-hydrogen) atoms. The summed E-state index contributed by atoms with van der Waals surface area (Å²) in [6.45, 7) is 0. The van der Waals surface area contributed by atoms with Gasteiger partial charge in [0.25, 0.3) is 0 Å². The van der Waals surface area contributed by atoms with E-state index in [9.17, 15) is 0 Å². The van der Waals surface area contributed by atoms with Crippen LogP contribution in [0.5, 0.6) is 0 Å². The fourth-order valence-corrected chi connectivity index (χ4v) is 12.2. The van der Waals surface area contributed by atoms with Gasteiger partial charge in [-0.15, -0.1) is 0 Å². The van der Waals surface area contributed by atoms with Gasteiger partial charge in [-0.1, -0.05) is 189 Å². The highest BCUT2D eigenvalue weighted by Crippen LogP contribution is 2.38. The van der Waals surface area contributed by atoms with Crippen molar-refractivity contribution < 1.29 is 0 Å². The van der Waals surface area contributed by atoms with Gasteiger partial charge in [-0.3, -0.25) is 0 Å². The van der Waals surface area contributed by atoms with E-state index in [1.54, 1.807) is 0 Å². The van der Waals surface area contributed by atoms with Crippen LogP contribution >= 0.6 is 68.4 Å². The summed E-state index contributed by atoms with van der Waals surface area (Å²) in [5.41, 5.74) is 22.5. The fourth-order valence-electron chi connectivity index (χ4n) is 7.47. The zero-order valence-corrected chi connectivity index (χ0v) is 38.1. The lowest BCUT2D eigenvalue weighted by molar-refractivity contribution is 1.41. The van der Waals surface area contributed by atoms with Crippen LogP contribution in [-0.4, -0.2) is 0 Å². The molecule has 12 bridgehead atoms. The lowest BCUT2D eigenvalue weighted by atomic mass is 9.92. The molecule has 0 saturated carbocycles. The van der Waals surface area contributed by atoms with E-state index in [-0.39, 0.29) is 0 Å². The first-order chi connectivity index (χ1) is 29.6. The molecule has 0 aromatic heterocycles. The largest absolute Gasteiger partial charge is 0.175 e. The maximum absolute atomic E-state index is 4.49. The van der Waals surface area contributed by atoms with Gasteiger partial charge in [0, 0.05) is 34.5 Å². The van der Waals surface area contributed by atoms with Gasteiger partial charge >= 0.3 is 0 Å². The standard InChI is InChI=1S/C54H44S6/c55-31-37-1-13-43(14-2-37)49-25-51-29-52(26-49)46-19-7-40(8-20-46)34-58-60-36-42-11-23-48(24-12-42)54-28-50(44-15-3-38(32-56)4-16-44)27-53(30-54)47-21-9-41(10-22-47)35-59-57-33-39-5-17-45(51)18-6-39/h1-30,55-56H,31-36H2. The maximum Gasteiger partial charge on any atom is 0.0288 e. The van der Waals surface area contributed by atoms with Crippen LogP contribution in [0.2, 0.25) is 0 Å². The molecule has 0 atom stereocenters. The smallest absolute Gasteiger partial charge is 0.0288 e. The molecule has 0 N–H and O–H groups in total. The predicted molar refractivity (Wildman–Crippen MR) is 276 cm³/mol. The Morgan fingerprint density at radius 2 is 0.433 bits per heavy atom. The zero-order chi connectivity index (χ0) is 40.7. The Morgan fingerprint density at radius 3 is 0.617 bits per heavy atom. The van der Waals surface area contributed by atoms with Gasteiger partial charge in [0.15, 0.2) is 0 Å². The van der Waals surface area contributed by atoms with Crippen molar-refractivity contribution in [2.75, 3.05) is 0 Å². The minimum Gasteiger partial charge on any atom is -0.175 e. The highest BCUT2D eigenvalue weighted by molar-refractivity contribution is 8.76. The lowest BCUT2D eigenvalue weighted by Gasteiger charge is -2.13. The molecule has 0 saturated heterocycles. The summed E-state index contributed by atoms with van der Waals surface area (Å²) in [7, 11) is 7.68. The second-order valence-electron chi connectivity index (χ2n) is 15.1. The SMILES string of the molecule is SCc1ccc(-c2cc3cc(c2)-c2ccc(cc2)CSSCc2ccc(cc2)-c2cc(-c4ccc(CS)cc4)cc(c2)-c2ccc(cc2)CSSCc2ccc-3cc2)cc1. The third kappa shape index (κ3) is 10.1. The highest BCUT2D eigenvalue weighted by Gasteiger charge is 2.12. The molecule has 0 spiro atoms. The van der Waals surface area contributed by atoms with Crippen molar-refractivity contribution >= 4 is 68.4 Å². The van der Waals surface area contributed by atoms with Gasteiger partial charge in [-0.25, -0.2) is 0 Å². The monoisotopic (exact) mass is 884 g/mol. The Bertz CT molecular complexity index is 2340.